The highest BCUT2D eigenvalue weighted by Gasteiger charge is 2.52. The van der Waals surface area contributed by atoms with Crippen LogP contribution in [0.2, 0.25) is 0 Å². The van der Waals surface area contributed by atoms with Gasteiger partial charge in [0.25, 0.3) is 0 Å². The summed E-state index contributed by atoms with van der Waals surface area (Å²) >= 11 is 0. The second kappa shape index (κ2) is 4.07. The van der Waals surface area contributed by atoms with Crippen molar-refractivity contribution in [1.29, 1.82) is 0 Å². The van der Waals surface area contributed by atoms with Gasteiger partial charge in [0.2, 0.25) is 0 Å². The molecular weight excluding hydrogens is 233 g/mol. The standard InChI is InChI=1S/C12H16BNO4/c1-11(2)12(3,4)18-13(17-11)9-7-8(10(15)16)5-6-14-9/h5-7H,1-4H3,(H,15,16). The van der Waals surface area contributed by atoms with Gasteiger partial charge < -0.3 is 14.4 Å². The molecule has 96 valence electrons. The topological polar surface area (TPSA) is 68.7 Å². The van der Waals surface area contributed by atoms with E-state index < -0.39 is 24.3 Å². The molecule has 1 fully saturated rings. The van der Waals surface area contributed by atoms with Crippen molar-refractivity contribution >= 4 is 18.7 Å². The van der Waals surface area contributed by atoms with E-state index in [0.29, 0.717) is 5.59 Å². The fraction of sp³-hybridized carbons (Fsp3) is 0.500. The fourth-order valence-electron chi connectivity index (χ4n) is 1.67. The van der Waals surface area contributed by atoms with Crippen LogP contribution in [0.15, 0.2) is 18.3 Å². The van der Waals surface area contributed by atoms with E-state index in [1.807, 2.05) is 27.7 Å². The third-order valence-electron chi connectivity index (χ3n) is 3.52. The first kappa shape index (κ1) is 13.0. The van der Waals surface area contributed by atoms with Crippen LogP contribution in [0.3, 0.4) is 0 Å². The maximum absolute atomic E-state index is 10.9. The highest BCUT2D eigenvalue weighted by molar-refractivity contribution is 6.61. The summed E-state index contributed by atoms with van der Waals surface area (Å²) in [6, 6.07) is 2.92. The Morgan fingerprint density at radius 2 is 1.83 bits per heavy atom. The normalized spacial score (nSPS) is 21.0. The van der Waals surface area contributed by atoms with Crippen molar-refractivity contribution in [1.82, 2.24) is 4.98 Å². The van der Waals surface area contributed by atoms with E-state index in [4.69, 9.17) is 14.4 Å². The first-order chi connectivity index (χ1) is 8.23. The lowest BCUT2D eigenvalue weighted by Crippen LogP contribution is -2.41. The molecule has 0 bridgehead atoms. The maximum Gasteiger partial charge on any atom is 0.514 e. The Labute approximate surface area is 106 Å². The summed E-state index contributed by atoms with van der Waals surface area (Å²) in [7, 11) is -0.630. The van der Waals surface area contributed by atoms with Crippen molar-refractivity contribution in [3.63, 3.8) is 0 Å². The molecule has 5 nitrogen and oxygen atoms in total. The predicted octanol–water partition coefficient (Wildman–Crippen LogP) is 1.08. The van der Waals surface area contributed by atoms with Crippen molar-refractivity contribution in [3.05, 3.63) is 23.9 Å². The van der Waals surface area contributed by atoms with E-state index in [0.717, 1.165) is 0 Å². The van der Waals surface area contributed by atoms with Gasteiger partial charge in [0, 0.05) is 6.20 Å². The number of carbonyl (C=O) groups is 1. The minimum absolute atomic E-state index is 0.176. The molecule has 0 atom stereocenters. The van der Waals surface area contributed by atoms with E-state index in [1.165, 1.54) is 18.3 Å². The minimum Gasteiger partial charge on any atom is -0.478 e. The summed E-state index contributed by atoms with van der Waals surface area (Å²) in [6.45, 7) is 7.75. The lowest BCUT2D eigenvalue weighted by atomic mass is 9.83. The lowest BCUT2D eigenvalue weighted by Gasteiger charge is -2.32. The average molecular weight is 249 g/mol. The van der Waals surface area contributed by atoms with Gasteiger partial charge in [0.1, 0.15) is 0 Å². The number of aromatic carboxylic acids is 1. The number of rotatable bonds is 2. The zero-order chi connectivity index (χ0) is 13.6. The van der Waals surface area contributed by atoms with Crippen LogP contribution < -0.4 is 5.59 Å². The molecule has 1 aliphatic heterocycles. The molecule has 0 aromatic carbocycles. The number of nitrogens with zero attached hydrogens (tertiary/aromatic N) is 1. The predicted molar refractivity (Wildman–Crippen MR) is 66.9 cm³/mol. The fourth-order valence-corrected chi connectivity index (χ4v) is 1.67. The van der Waals surface area contributed by atoms with Gasteiger partial charge in [0.15, 0.2) is 0 Å². The average Bonchev–Trinajstić information content (AvgIpc) is 2.48. The summed E-state index contributed by atoms with van der Waals surface area (Å²) in [4.78, 5) is 15.0. The Morgan fingerprint density at radius 1 is 1.28 bits per heavy atom. The van der Waals surface area contributed by atoms with Crippen molar-refractivity contribution < 1.29 is 19.2 Å². The Hall–Kier alpha value is -1.40. The largest absolute Gasteiger partial charge is 0.514 e. The molecule has 1 saturated heterocycles. The molecule has 0 unspecified atom stereocenters. The first-order valence-corrected chi connectivity index (χ1v) is 5.78. The summed E-state index contributed by atoms with van der Waals surface area (Å²) < 4.78 is 11.6. The Balaban J connectivity index is 2.30. The van der Waals surface area contributed by atoms with Gasteiger partial charge in [-0.1, -0.05) is 0 Å². The van der Waals surface area contributed by atoms with Crippen LogP contribution in [0.1, 0.15) is 38.1 Å². The molecule has 1 aromatic heterocycles. The highest BCUT2D eigenvalue weighted by atomic mass is 16.7. The zero-order valence-corrected chi connectivity index (χ0v) is 10.9. The summed E-state index contributed by atoms with van der Waals surface area (Å²) in [5, 5.41) is 8.95. The molecule has 0 amide bonds. The van der Waals surface area contributed by atoms with Crippen LogP contribution in [0.5, 0.6) is 0 Å². The van der Waals surface area contributed by atoms with Crippen LogP contribution in [0.4, 0.5) is 0 Å². The van der Waals surface area contributed by atoms with Crippen molar-refractivity contribution in [2.75, 3.05) is 0 Å². The number of hydrogen-bond donors (Lipinski definition) is 1. The van der Waals surface area contributed by atoms with E-state index in [-0.39, 0.29) is 5.56 Å². The number of carboxylic acid groups (broad SMARTS) is 1. The van der Waals surface area contributed by atoms with Gasteiger partial charge >= 0.3 is 13.1 Å². The highest BCUT2D eigenvalue weighted by Crippen LogP contribution is 2.36. The molecule has 1 aliphatic rings. The molecule has 2 heterocycles. The Kier molecular flexibility index (Phi) is 2.95. The van der Waals surface area contributed by atoms with Gasteiger partial charge in [-0.3, -0.25) is 4.98 Å². The van der Waals surface area contributed by atoms with Crippen LogP contribution in [0, 0.1) is 0 Å². The third-order valence-corrected chi connectivity index (χ3v) is 3.52. The Bertz CT molecular complexity index is 471. The number of carboxylic acids is 1. The summed E-state index contributed by atoms with van der Waals surface area (Å²) in [5.41, 5.74) is -0.264. The molecule has 0 spiro atoms. The SMILES string of the molecule is CC1(C)OB(c2cc(C(=O)O)ccn2)OC1(C)C. The van der Waals surface area contributed by atoms with Gasteiger partial charge in [-0.2, -0.15) is 0 Å². The summed E-state index contributed by atoms with van der Waals surface area (Å²) in [6.07, 6.45) is 1.45. The zero-order valence-electron chi connectivity index (χ0n) is 10.9. The smallest absolute Gasteiger partial charge is 0.478 e. The molecule has 2 rings (SSSR count). The second-order valence-electron chi connectivity index (χ2n) is 5.36. The number of hydrogen-bond acceptors (Lipinski definition) is 4. The molecule has 1 aromatic rings. The lowest BCUT2D eigenvalue weighted by molar-refractivity contribution is 0.00578. The van der Waals surface area contributed by atoms with Crippen molar-refractivity contribution in [2.45, 2.75) is 38.9 Å². The van der Waals surface area contributed by atoms with Crippen LogP contribution >= 0.6 is 0 Å². The molecular formula is C12H16BNO4. The van der Waals surface area contributed by atoms with Crippen LogP contribution in [0.25, 0.3) is 0 Å². The van der Waals surface area contributed by atoms with Crippen LogP contribution in [-0.2, 0) is 9.31 Å². The molecule has 18 heavy (non-hydrogen) atoms. The first-order valence-electron chi connectivity index (χ1n) is 5.78. The molecule has 6 heteroatoms. The quantitative estimate of drug-likeness (QED) is 0.794. The van der Waals surface area contributed by atoms with Crippen molar-refractivity contribution in [2.24, 2.45) is 0 Å². The van der Waals surface area contributed by atoms with Gasteiger partial charge in [-0.05, 0) is 39.8 Å². The summed E-state index contributed by atoms with van der Waals surface area (Å²) in [5.74, 6) is -0.991. The van der Waals surface area contributed by atoms with E-state index in [9.17, 15) is 4.79 Å². The second-order valence-corrected chi connectivity index (χ2v) is 5.36. The maximum atomic E-state index is 10.9. The molecule has 1 N–H and O–H groups in total. The van der Waals surface area contributed by atoms with E-state index in [2.05, 4.69) is 4.98 Å². The van der Waals surface area contributed by atoms with Crippen molar-refractivity contribution in [3.8, 4) is 0 Å². The number of aromatic nitrogens is 1. The van der Waals surface area contributed by atoms with Gasteiger partial charge in [-0.25, -0.2) is 4.79 Å². The number of pyridine rings is 1. The van der Waals surface area contributed by atoms with Gasteiger partial charge in [-0.15, -0.1) is 0 Å². The molecule has 0 radical (unpaired) electrons. The Morgan fingerprint density at radius 3 is 2.33 bits per heavy atom. The van der Waals surface area contributed by atoms with Gasteiger partial charge in [0.05, 0.1) is 22.4 Å². The van der Waals surface area contributed by atoms with E-state index >= 15 is 0 Å². The van der Waals surface area contributed by atoms with E-state index in [1.54, 1.807) is 0 Å². The monoisotopic (exact) mass is 249 g/mol. The minimum atomic E-state index is -0.991. The molecule has 0 aliphatic carbocycles. The molecule has 0 saturated carbocycles. The third kappa shape index (κ3) is 2.13. The van der Waals surface area contributed by atoms with Crippen LogP contribution in [-0.4, -0.2) is 34.4 Å².